The van der Waals surface area contributed by atoms with Gasteiger partial charge in [-0.05, 0) is 44.9 Å². The predicted octanol–water partition coefficient (Wildman–Crippen LogP) is 3.79. The van der Waals surface area contributed by atoms with Crippen molar-refractivity contribution in [3.05, 3.63) is 70.7 Å². The van der Waals surface area contributed by atoms with E-state index in [0.717, 1.165) is 24.4 Å². The van der Waals surface area contributed by atoms with Crippen LogP contribution < -0.4 is 0 Å². The van der Waals surface area contributed by atoms with E-state index in [1.165, 1.54) is 11.0 Å². The number of alkyl halides is 3. The highest BCUT2D eigenvalue weighted by Crippen LogP contribution is 2.37. The van der Waals surface area contributed by atoms with Gasteiger partial charge in [0.2, 0.25) is 11.7 Å². The molecule has 0 bridgehead atoms. The molecule has 1 aliphatic rings. The summed E-state index contributed by atoms with van der Waals surface area (Å²) in [6.07, 6.45) is -3.09. The van der Waals surface area contributed by atoms with Crippen molar-refractivity contribution < 1.29 is 31.2 Å². The molecule has 0 aliphatic carbocycles. The fraction of sp³-hybridized carbons (Fsp3) is 0.346. The SMILES string of the molecule is [B]C([B])(C(=O)N1CCC(c2nc(C)nc(C)c2-c2nnc(-c3ccnc(C(F)(F)F)n3)o2)CC1)c1c(F)cccc1F. The minimum absolute atomic E-state index is 0.0267. The molecule has 4 aromatic rings. The fourth-order valence-corrected chi connectivity index (χ4v) is 4.96. The first kappa shape index (κ1) is 29.3. The van der Waals surface area contributed by atoms with Crippen LogP contribution in [0.1, 0.15) is 47.4 Å². The van der Waals surface area contributed by atoms with Crippen LogP contribution in [0.15, 0.2) is 34.9 Å². The van der Waals surface area contributed by atoms with E-state index >= 15 is 0 Å². The van der Waals surface area contributed by atoms with Crippen LogP contribution in [-0.4, -0.2) is 69.7 Å². The first-order valence-corrected chi connectivity index (χ1v) is 12.7. The number of likely N-dealkylation sites (tertiary alicyclic amines) is 1. The van der Waals surface area contributed by atoms with Gasteiger partial charge in [0, 0.05) is 36.0 Å². The van der Waals surface area contributed by atoms with Crippen LogP contribution in [0.3, 0.4) is 0 Å². The maximum atomic E-state index is 14.4. The van der Waals surface area contributed by atoms with Crippen LogP contribution in [0.4, 0.5) is 22.0 Å². The van der Waals surface area contributed by atoms with Gasteiger partial charge in [0.1, 0.15) is 23.2 Å². The second kappa shape index (κ2) is 10.9. The molecule has 1 aliphatic heterocycles. The van der Waals surface area contributed by atoms with Gasteiger partial charge in [-0.2, -0.15) is 13.2 Å². The summed E-state index contributed by atoms with van der Waals surface area (Å²) >= 11 is 0. The van der Waals surface area contributed by atoms with Crippen LogP contribution in [0, 0.1) is 25.5 Å². The number of halogens is 5. The van der Waals surface area contributed by atoms with E-state index in [2.05, 4.69) is 30.1 Å². The number of carbonyl (C=O) groups is 1. The summed E-state index contributed by atoms with van der Waals surface area (Å²) < 4.78 is 73.7. The largest absolute Gasteiger partial charge is 0.451 e. The Balaban J connectivity index is 1.40. The number of hydrogen-bond donors (Lipinski definition) is 0. The minimum atomic E-state index is -4.76. The summed E-state index contributed by atoms with van der Waals surface area (Å²) in [4.78, 5) is 30.2. The smallest absolute Gasteiger partial charge is 0.414 e. The number of piperidine rings is 1. The van der Waals surface area contributed by atoms with E-state index in [4.69, 9.17) is 20.1 Å². The molecule has 1 saturated heterocycles. The van der Waals surface area contributed by atoms with Crippen molar-refractivity contribution in [1.82, 2.24) is 35.0 Å². The van der Waals surface area contributed by atoms with Gasteiger partial charge < -0.3 is 9.32 Å². The van der Waals surface area contributed by atoms with Crippen LogP contribution in [0.5, 0.6) is 0 Å². The van der Waals surface area contributed by atoms with E-state index in [9.17, 15) is 26.7 Å². The van der Waals surface area contributed by atoms with Gasteiger partial charge in [0.25, 0.3) is 11.8 Å². The third kappa shape index (κ3) is 5.49. The lowest BCUT2D eigenvalue weighted by Gasteiger charge is -2.38. The third-order valence-electron chi connectivity index (χ3n) is 6.90. The van der Waals surface area contributed by atoms with Gasteiger partial charge in [0.15, 0.2) is 0 Å². The van der Waals surface area contributed by atoms with Crippen molar-refractivity contribution in [2.24, 2.45) is 0 Å². The molecule has 1 aromatic carbocycles. The van der Waals surface area contributed by atoms with Gasteiger partial charge in [-0.1, -0.05) is 6.07 Å². The summed E-state index contributed by atoms with van der Waals surface area (Å²) in [6.45, 7) is 3.68. The zero-order chi connectivity index (χ0) is 30.4. The summed E-state index contributed by atoms with van der Waals surface area (Å²) in [5.74, 6) is -4.34. The Morgan fingerprint density at radius 3 is 2.26 bits per heavy atom. The van der Waals surface area contributed by atoms with Gasteiger partial charge in [-0.3, -0.25) is 4.79 Å². The molecule has 4 heterocycles. The summed E-state index contributed by atoms with van der Waals surface area (Å²) in [5.41, 5.74) is 0.485. The first-order chi connectivity index (χ1) is 19.8. The molecule has 1 amide bonds. The van der Waals surface area contributed by atoms with Gasteiger partial charge in [0.05, 0.1) is 32.6 Å². The summed E-state index contributed by atoms with van der Waals surface area (Å²) in [6, 6.07) is 4.29. The molecule has 42 heavy (non-hydrogen) atoms. The Labute approximate surface area is 238 Å². The lowest BCUT2D eigenvalue weighted by atomic mass is 9.50. The molecule has 0 spiro atoms. The molecule has 0 atom stereocenters. The molecule has 9 nitrogen and oxygen atoms in total. The van der Waals surface area contributed by atoms with Crippen LogP contribution in [0.25, 0.3) is 23.0 Å². The molecule has 1 fully saturated rings. The van der Waals surface area contributed by atoms with Crippen molar-refractivity contribution in [3.8, 4) is 23.0 Å². The highest BCUT2D eigenvalue weighted by atomic mass is 19.4. The van der Waals surface area contributed by atoms with E-state index < -0.39 is 40.3 Å². The van der Waals surface area contributed by atoms with Crippen molar-refractivity contribution in [2.75, 3.05) is 13.1 Å². The number of amides is 1. The monoisotopic (exact) mass is 579 g/mol. The van der Waals surface area contributed by atoms with E-state index in [1.54, 1.807) is 13.8 Å². The van der Waals surface area contributed by atoms with Crippen molar-refractivity contribution >= 4 is 21.6 Å². The number of aryl methyl sites for hydroxylation is 2. The Morgan fingerprint density at radius 1 is 0.976 bits per heavy atom. The maximum absolute atomic E-state index is 14.4. The lowest BCUT2D eigenvalue weighted by Crippen LogP contribution is -2.51. The van der Waals surface area contributed by atoms with Crippen molar-refractivity contribution in [1.29, 1.82) is 0 Å². The minimum Gasteiger partial charge on any atom is -0.414 e. The summed E-state index contributed by atoms with van der Waals surface area (Å²) in [5, 5.41) is 5.46. The van der Waals surface area contributed by atoms with Gasteiger partial charge >= 0.3 is 6.18 Å². The standard InChI is InChI=1S/C26H20B2F5N7O2/c1-12-18(22-39-38-21(42-22)17-6-9-34-23(37-17)26(31,32)33)20(36-13(2)35-12)14-7-10-40(11-8-14)24(41)25(27,28)19-15(29)4-3-5-16(19)30/h3-6,9,14H,7-8,10-11H2,1-2H3. The maximum Gasteiger partial charge on any atom is 0.451 e. The molecular formula is C26H20B2F5N7O2. The molecule has 3 aromatic heterocycles. The summed E-state index contributed by atoms with van der Waals surface area (Å²) in [7, 11) is 11.9. The van der Waals surface area contributed by atoms with Crippen LogP contribution in [-0.2, 0) is 16.2 Å². The Morgan fingerprint density at radius 2 is 1.62 bits per heavy atom. The number of benzene rings is 1. The van der Waals surface area contributed by atoms with Crippen molar-refractivity contribution in [3.63, 3.8) is 0 Å². The van der Waals surface area contributed by atoms with E-state index in [1.807, 2.05) is 0 Å². The first-order valence-electron chi connectivity index (χ1n) is 12.7. The molecular weight excluding hydrogens is 559 g/mol. The quantitative estimate of drug-likeness (QED) is 0.260. The Hall–Kier alpha value is -4.23. The number of aromatic nitrogens is 6. The molecule has 5 rings (SSSR count). The normalized spacial score (nSPS) is 14.8. The van der Waals surface area contributed by atoms with Crippen LogP contribution in [0.2, 0.25) is 0 Å². The predicted molar refractivity (Wildman–Crippen MR) is 139 cm³/mol. The zero-order valence-electron chi connectivity index (χ0n) is 22.3. The second-order valence-corrected chi connectivity index (χ2v) is 9.82. The highest BCUT2D eigenvalue weighted by molar-refractivity contribution is 6.51. The third-order valence-corrected chi connectivity index (χ3v) is 6.90. The molecule has 16 heteroatoms. The lowest BCUT2D eigenvalue weighted by molar-refractivity contribution is -0.144. The topological polar surface area (TPSA) is 111 Å². The molecule has 0 N–H and O–H groups in total. The fourth-order valence-electron chi connectivity index (χ4n) is 4.96. The Kier molecular flexibility index (Phi) is 7.58. The average Bonchev–Trinajstić information content (AvgIpc) is 3.41. The van der Waals surface area contributed by atoms with Gasteiger partial charge in [-0.15, -0.1) is 10.2 Å². The van der Waals surface area contributed by atoms with Crippen molar-refractivity contribution in [2.45, 2.75) is 44.0 Å². The molecule has 0 saturated carbocycles. The number of hydrogen-bond acceptors (Lipinski definition) is 8. The number of rotatable bonds is 5. The molecule has 212 valence electrons. The zero-order valence-corrected chi connectivity index (χ0v) is 22.3. The number of carbonyl (C=O) groups excluding carboxylic acids is 1. The van der Waals surface area contributed by atoms with E-state index in [-0.39, 0.29) is 36.5 Å². The molecule has 4 radical (unpaired) electrons. The van der Waals surface area contributed by atoms with E-state index in [0.29, 0.717) is 35.6 Å². The average molecular weight is 579 g/mol. The second-order valence-electron chi connectivity index (χ2n) is 9.82. The van der Waals surface area contributed by atoms with Crippen LogP contribution >= 0.6 is 0 Å². The Bertz CT molecular complexity index is 1640. The molecule has 0 unspecified atom stereocenters. The highest BCUT2D eigenvalue weighted by Gasteiger charge is 2.39. The van der Waals surface area contributed by atoms with Gasteiger partial charge in [-0.25, -0.2) is 28.7 Å². The number of nitrogens with zero attached hydrogens (tertiary/aromatic N) is 7.